The Labute approximate surface area is 189 Å². The van der Waals surface area contributed by atoms with Crippen LogP contribution in [0.4, 0.5) is 0 Å². The molecule has 1 aromatic carbocycles. The summed E-state index contributed by atoms with van der Waals surface area (Å²) in [4.78, 5) is 34.7. The van der Waals surface area contributed by atoms with E-state index in [1.54, 1.807) is 0 Å². The van der Waals surface area contributed by atoms with Crippen LogP contribution in [0.5, 0.6) is 0 Å². The normalized spacial score (nSPS) is 18.9. The molecule has 1 aliphatic carbocycles. The fraction of sp³-hybridized carbons (Fsp3) is 0.261. The second-order valence-corrected chi connectivity index (χ2v) is 7.46. The first-order valence-corrected chi connectivity index (χ1v) is 9.98. The molecule has 153 valence electrons. The zero-order chi connectivity index (χ0) is 19.8. The van der Waals surface area contributed by atoms with Crippen molar-refractivity contribution in [2.24, 2.45) is 0 Å². The number of carbonyl (C=O) groups excluding carboxylic acids is 2. The van der Waals surface area contributed by atoms with Gasteiger partial charge in [-0.2, -0.15) is 0 Å². The predicted octanol–water partition coefficient (Wildman–Crippen LogP) is 1.93. The topological polar surface area (TPSA) is 56.1 Å². The van der Waals surface area contributed by atoms with E-state index in [1.807, 2.05) is 57.3 Å². The molecule has 0 saturated carbocycles. The molecule has 3 fully saturated rings. The van der Waals surface area contributed by atoms with Crippen molar-refractivity contribution in [1.82, 2.24) is 19.7 Å². The summed E-state index contributed by atoms with van der Waals surface area (Å²) in [5, 5.41) is 0. The Balaban J connectivity index is 0.000000149. The molecule has 6 nitrogen and oxygen atoms in total. The maximum Gasteiger partial charge on any atom is 0.227 e. The van der Waals surface area contributed by atoms with Crippen LogP contribution in [-0.4, -0.2) is 70.5 Å². The minimum atomic E-state index is 0. The second-order valence-electron chi connectivity index (χ2n) is 7.46. The first-order chi connectivity index (χ1) is 14.2. The van der Waals surface area contributed by atoms with Gasteiger partial charge in [-0.3, -0.25) is 14.6 Å². The van der Waals surface area contributed by atoms with Gasteiger partial charge >= 0.3 is 0 Å². The summed E-state index contributed by atoms with van der Waals surface area (Å²) in [6, 6.07) is 16.1. The predicted molar refractivity (Wildman–Crippen MR) is 110 cm³/mol. The molecule has 0 N–H and O–H groups in total. The molecule has 0 unspecified atom stereocenters. The van der Waals surface area contributed by atoms with Crippen LogP contribution in [0.15, 0.2) is 77.9 Å². The molecule has 0 spiro atoms. The minimum absolute atomic E-state index is 0. The molecule has 0 amide bonds. The van der Waals surface area contributed by atoms with E-state index in [0.29, 0.717) is 17.1 Å². The number of carbonyl (C=O) groups is 2. The largest absolute Gasteiger partial charge is 0.365 e. The van der Waals surface area contributed by atoms with Crippen LogP contribution in [0.25, 0.3) is 11.3 Å². The Morgan fingerprint density at radius 3 is 1.87 bits per heavy atom. The molecule has 2 aromatic rings. The zero-order valence-electron chi connectivity index (χ0n) is 16.5. The number of nitrogens with zero attached hydrogens (tertiary/aromatic N) is 4. The van der Waals surface area contributed by atoms with Crippen molar-refractivity contribution < 1.29 is 30.0 Å². The third-order valence-corrected chi connectivity index (χ3v) is 5.22. The summed E-state index contributed by atoms with van der Waals surface area (Å²) in [7, 11) is 0. The van der Waals surface area contributed by atoms with Gasteiger partial charge in [0.05, 0.1) is 11.4 Å². The molecule has 1 radical (unpaired) electrons. The summed E-state index contributed by atoms with van der Waals surface area (Å²) in [6.07, 6.45) is 3.33. The molecule has 3 aliphatic heterocycles. The van der Waals surface area contributed by atoms with Crippen LogP contribution in [0.1, 0.15) is 0 Å². The smallest absolute Gasteiger partial charge is 0.227 e. The van der Waals surface area contributed by atoms with E-state index in [0.717, 1.165) is 50.5 Å². The standard InChI is InChI=1S/C12H13N3O2.C11H9N.Re/c16-9-7-8(13-1-2-13)12(17)11(15-5-6-15)10(9)14-3-4-14;1-2-6-10(7-3-1)11-8-4-5-9-12-11;/h7H,1-6H2;1-9H;. The van der Waals surface area contributed by atoms with Crippen molar-refractivity contribution in [3.05, 3.63) is 77.9 Å². The van der Waals surface area contributed by atoms with Crippen molar-refractivity contribution >= 4 is 11.6 Å². The molecule has 0 atom stereocenters. The number of ketones is 2. The van der Waals surface area contributed by atoms with Gasteiger partial charge in [0, 0.05) is 77.5 Å². The van der Waals surface area contributed by atoms with Crippen molar-refractivity contribution in [3.8, 4) is 11.3 Å². The number of allylic oxidation sites excluding steroid dienone is 1. The van der Waals surface area contributed by atoms with Crippen LogP contribution in [0.2, 0.25) is 0 Å². The quantitative estimate of drug-likeness (QED) is 0.413. The van der Waals surface area contributed by atoms with Gasteiger partial charge in [0.25, 0.3) is 0 Å². The SMILES string of the molecule is O=C1C=C(N2CC2)C(=O)C(N2CC2)=C1N1CC1.[Re].c1ccc(-c2ccccn2)cc1. The van der Waals surface area contributed by atoms with Gasteiger partial charge in [-0.05, 0) is 12.1 Å². The van der Waals surface area contributed by atoms with Crippen LogP contribution >= 0.6 is 0 Å². The van der Waals surface area contributed by atoms with Crippen LogP contribution in [0, 0.1) is 0 Å². The first-order valence-electron chi connectivity index (χ1n) is 9.98. The Morgan fingerprint density at radius 1 is 0.700 bits per heavy atom. The maximum atomic E-state index is 12.4. The van der Waals surface area contributed by atoms with E-state index in [-0.39, 0.29) is 32.0 Å². The van der Waals surface area contributed by atoms with E-state index in [1.165, 1.54) is 6.08 Å². The molecule has 30 heavy (non-hydrogen) atoms. The zero-order valence-corrected chi connectivity index (χ0v) is 19.2. The Hall–Kier alpha value is -2.75. The van der Waals surface area contributed by atoms with Gasteiger partial charge in [-0.1, -0.05) is 36.4 Å². The fourth-order valence-electron chi connectivity index (χ4n) is 3.42. The number of benzene rings is 1. The van der Waals surface area contributed by atoms with E-state index in [2.05, 4.69) is 17.1 Å². The maximum absolute atomic E-state index is 12.4. The average Bonchev–Trinajstić information content (AvgIpc) is 3.60. The summed E-state index contributed by atoms with van der Waals surface area (Å²) in [5.41, 5.74) is 4.08. The Bertz CT molecular complexity index is 971. The fourth-order valence-corrected chi connectivity index (χ4v) is 3.42. The molecule has 0 bridgehead atoms. The molecule has 4 heterocycles. The van der Waals surface area contributed by atoms with Gasteiger partial charge in [0.2, 0.25) is 11.6 Å². The molecule has 7 heteroatoms. The van der Waals surface area contributed by atoms with Crippen LogP contribution in [-0.2, 0) is 30.0 Å². The molecule has 6 rings (SSSR count). The summed E-state index contributed by atoms with van der Waals surface area (Å²) in [6.45, 7) is 5.41. The van der Waals surface area contributed by atoms with E-state index in [4.69, 9.17) is 0 Å². The molecular weight excluding hydrogens is 550 g/mol. The third-order valence-electron chi connectivity index (χ3n) is 5.22. The van der Waals surface area contributed by atoms with Crippen molar-refractivity contribution in [1.29, 1.82) is 0 Å². The Kier molecular flexibility index (Phi) is 5.85. The van der Waals surface area contributed by atoms with Gasteiger partial charge in [-0.15, -0.1) is 0 Å². The van der Waals surface area contributed by atoms with Crippen molar-refractivity contribution in [2.75, 3.05) is 39.3 Å². The summed E-state index contributed by atoms with van der Waals surface area (Å²) >= 11 is 0. The second kappa shape index (κ2) is 8.55. The molecular formula is C23H22N4O2Re. The van der Waals surface area contributed by atoms with Gasteiger partial charge in [-0.25, -0.2) is 0 Å². The minimum Gasteiger partial charge on any atom is -0.365 e. The number of Topliss-reactive ketones (excluding diaryl/α,β-unsaturated/α-hetero) is 1. The number of rotatable bonds is 4. The summed E-state index contributed by atoms with van der Waals surface area (Å²) < 4.78 is 0. The first kappa shape index (κ1) is 20.5. The number of hydrogen-bond acceptors (Lipinski definition) is 6. The molecule has 1 aromatic heterocycles. The van der Waals surface area contributed by atoms with Gasteiger partial charge < -0.3 is 14.7 Å². The number of pyridine rings is 1. The van der Waals surface area contributed by atoms with Gasteiger partial charge in [0.1, 0.15) is 11.4 Å². The van der Waals surface area contributed by atoms with E-state index < -0.39 is 0 Å². The summed E-state index contributed by atoms with van der Waals surface area (Å²) in [5.74, 6) is 0.0485. The van der Waals surface area contributed by atoms with Crippen LogP contribution in [0.3, 0.4) is 0 Å². The number of hydrogen-bond donors (Lipinski definition) is 0. The third kappa shape index (κ3) is 4.38. The molecule has 3 saturated heterocycles. The Morgan fingerprint density at radius 2 is 1.30 bits per heavy atom. The average molecular weight is 573 g/mol. The monoisotopic (exact) mass is 573 g/mol. The van der Waals surface area contributed by atoms with E-state index in [9.17, 15) is 9.59 Å². The van der Waals surface area contributed by atoms with Gasteiger partial charge in [0.15, 0.2) is 0 Å². The van der Waals surface area contributed by atoms with Crippen molar-refractivity contribution in [2.45, 2.75) is 0 Å². The number of aromatic nitrogens is 1. The van der Waals surface area contributed by atoms with Crippen LogP contribution < -0.4 is 0 Å². The van der Waals surface area contributed by atoms with Crippen molar-refractivity contribution in [3.63, 3.8) is 0 Å². The molecule has 4 aliphatic rings. The van der Waals surface area contributed by atoms with E-state index >= 15 is 0 Å².